The van der Waals surface area contributed by atoms with Gasteiger partial charge in [0.2, 0.25) is 0 Å². The first-order valence-electron chi connectivity index (χ1n) is 8.35. The van der Waals surface area contributed by atoms with Gasteiger partial charge in [-0.3, -0.25) is 0 Å². The van der Waals surface area contributed by atoms with Crippen LogP contribution in [-0.2, 0) is 13.0 Å². The third-order valence-electron chi connectivity index (χ3n) is 4.50. The van der Waals surface area contributed by atoms with Gasteiger partial charge in [-0.2, -0.15) is 0 Å². The molecule has 0 saturated heterocycles. The predicted molar refractivity (Wildman–Crippen MR) is 99.0 cm³/mol. The molecule has 130 valence electrons. The molecule has 0 radical (unpaired) electrons. The van der Waals surface area contributed by atoms with Gasteiger partial charge in [0.25, 0.3) is 0 Å². The molecule has 0 unspecified atom stereocenters. The summed E-state index contributed by atoms with van der Waals surface area (Å²) in [7, 11) is 0. The average molecular weight is 359 g/mol. The van der Waals surface area contributed by atoms with Crippen molar-refractivity contribution in [3.8, 4) is 5.75 Å². The Hall–Kier alpha value is -2.30. The molecule has 25 heavy (non-hydrogen) atoms. The number of aryl methyl sites for hydroxylation is 1. The number of nitrogens with two attached hydrogens (primary N) is 1. The van der Waals surface area contributed by atoms with E-state index in [1.807, 2.05) is 37.3 Å². The fraction of sp³-hybridized carbons (Fsp3) is 0.250. The summed E-state index contributed by atoms with van der Waals surface area (Å²) >= 11 is 5.94. The molecular weight excluding hydrogens is 338 g/mol. The van der Waals surface area contributed by atoms with Crippen molar-refractivity contribution >= 4 is 22.6 Å². The van der Waals surface area contributed by atoms with Gasteiger partial charge in [-0.15, -0.1) is 0 Å². The standard InChI is InChI=1S/C20H20ClNO3/c1-3-13-8-17-15(9-20(24)25-19(17)10-18(13)23)11-22-12(2)14-4-6-16(21)7-5-14/h4-10,12,22-23H,3,11H2,1-2H3/p+1/t12-/m0/s1. The molecule has 0 spiro atoms. The maximum absolute atomic E-state index is 11.8. The van der Waals surface area contributed by atoms with Crippen LogP contribution in [0.1, 0.15) is 36.6 Å². The first kappa shape index (κ1) is 17.5. The summed E-state index contributed by atoms with van der Waals surface area (Å²) < 4.78 is 5.24. The summed E-state index contributed by atoms with van der Waals surface area (Å²) in [5, 5.41) is 13.7. The van der Waals surface area contributed by atoms with Crippen molar-refractivity contribution in [1.82, 2.24) is 0 Å². The minimum atomic E-state index is -0.404. The van der Waals surface area contributed by atoms with E-state index >= 15 is 0 Å². The lowest BCUT2D eigenvalue weighted by molar-refractivity contribution is -0.707. The van der Waals surface area contributed by atoms with Gasteiger partial charge in [0.1, 0.15) is 23.9 Å². The molecule has 0 aliphatic rings. The smallest absolute Gasteiger partial charge is 0.336 e. The Balaban J connectivity index is 1.90. The Kier molecular flexibility index (Phi) is 5.11. The highest BCUT2D eigenvalue weighted by molar-refractivity contribution is 6.30. The van der Waals surface area contributed by atoms with E-state index in [1.165, 1.54) is 17.7 Å². The largest absolute Gasteiger partial charge is 0.508 e. The van der Waals surface area contributed by atoms with Crippen LogP contribution in [0.15, 0.2) is 51.7 Å². The Morgan fingerprint density at radius 3 is 2.56 bits per heavy atom. The summed E-state index contributed by atoms with van der Waals surface area (Å²) in [6.07, 6.45) is 0.714. The van der Waals surface area contributed by atoms with Gasteiger partial charge in [-0.1, -0.05) is 30.7 Å². The van der Waals surface area contributed by atoms with Crippen LogP contribution >= 0.6 is 11.6 Å². The Morgan fingerprint density at radius 2 is 1.88 bits per heavy atom. The number of hydrogen-bond acceptors (Lipinski definition) is 3. The molecule has 5 heteroatoms. The molecule has 2 aromatic carbocycles. The SMILES string of the molecule is CCc1cc2c(C[NH2+][C@@H](C)c3ccc(Cl)cc3)cc(=O)oc2cc1O. The maximum atomic E-state index is 11.8. The van der Waals surface area contributed by atoms with Crippen LogP contribution in [0.3, 0.4) is 0 Å². The number of phenols is 1. The summed E-state index contributed by atoms with van der Waals surface area (Å²) in [4.78, 5) is 11.8. The van der Waals surface area contributed by atoms with Crippen LogP contribution in [0, 0.1) is 0 Å². The zero-order valence-corrected chi connectivity index (χ0v) is 15.0. The molecule has 0 aliphatic heterocycles. The topological polar surface area (TPSA) is 67.0 Å². The van der Waals surface area contributed by atoms with E-state index in [0.29, 0.717) is 18.5 Å². The van der Waals surface area contributed by atoms with Gasteiger partial charge in [0.15, 0.2) is 0 Å². The van der Waals surface area contributed by atoms with Crippen molar-refractivity contribution in [2.24, 2.45) is 0 Å². The number of aromatic hydroxyl groups is 1. The van der Waals surface area contributed by atoms with Crippen molar-refractivity contribution in [2.75, 3.05) is 0 Å². The third-order valence-corrected chi connectivity index (χ3v) is 4.75. The van der Waals surface area contributed by atoms with Crippen molar-refractivity contribution < 1.29 is 14.8 Å². The molecule has 0 bridgehead atoms. The molecule has 3 rings (SSSR count). The molecule has 1 aromatic heterocycles. The number of quaternary nitrogens is 1. The second kappa shape index (κ2) is 7.30. The van der Waals surface area contributed by atoms with Gasteiger partial charge in [0, 0.05) is 33.7 Å². The average Bonchev–Trinajstić information content (AvgIpc) is 2.59. The number of hydrogen-bond donors (Lipinski definition) is 2. The number of rotatable bonds is 5. The van der Waals surface area contributed by atoms with E-state index in [-0.39, 0.29) is 11.8 Å². The Bertz CT molecular complexity index is 948. The summed E-state index contributed by atoms with van der Waals surface area (Å²) in [5.41, 5.74) is 2.93. The molecule has 1 atom stereocenters. The van der Waals surface area contributed by atoms with Gasteiger partial charge >= 0.3 is 5.63 Å². The highest BCUT2D eigenvalue weighted by atomic mass is 35.5. The summed E-state index contributed by atoms with van der Waals surface area (Å²) in [6, 6.07) is 13.0. The van der Waals surface area contributed by atoms with Crippen molar-refractivity contribution in [1.29, 1.82) is 0 Å². The van der Waals surface area contributed by atoms with Gasteiger partial charge in [0.05, 0.1) is 0 Å². The number of halogens is 1. The fourth-order valence-electron chi connectivity index (χ4n) is 2.97. The first-order chi connectivity index (χ1) is 12.0. The highest BCUT2D eigenvalue weighted by Crippen LogP contribution is 2.26. The molecule has 0 amide bonds. The second-order valence-corrected chi connectivity index (χ2v) is 6.64. The van der Waals surface area contributed by atoms with E-state index in [2.05, 4.69) is 12.2 Å². The molecule has 3 N–H and O–H groups in total. The summed E-state index contributed by atoms with van der Waals surface area (Å²) in [6.45, 7) is 4.73. The molecule has 0 fully saturated rings. The molecule has 0 aliphatic carbocycles. The van der Waals surface area contributed by atoms with E-state index in [0.717, 1.165) is 21.5 Å². The van der Waals surface area contributed by atoms with E-state index < -0.39 is 5.63 Å². The molecular formula is C20H21ClNO3+. The first-order valence-corrected chi connectivity index (χ1v) is 8.73. The quantitative estimate of drug-likeness (QED) is 0.685. The Labute approximate surface area is 151 Å². The zero-order chi connectivity index (χ0) is 18.0. The van der Waals surface area contributed by atoms with E-state index in [1.54, 1.807) is 0 Å². The number of benzene rings is 2. The van der Waals surface area contributed by atoms with Gasteiger partial charge in [-0.25, -0.2) is 4.79 Å². The normalized spacial score (nSPS) is 12.4. The number of phenolic OH excluding ortho intramolecular Hbond substituents is 1. The van der Waals surface area contributed by atoms with Crippen LogP contribution < -0.4 is 10.9 Å². The van der Waals surface area contributed by atoms with Crippen molar-refractivity contribution in [3.05, 3.63) is 74.6 Å². The van der Waals surface area contributed by atoms with Crippen LogP contribution in [0.5, 0.6) is 5.75 Å². The van der Waals surface area contributed by atoms with Crippen molar-refractivity contribution in [3.63, 3.8) is 0 Å². The molecule has 3 aromatic rings. The van der Waals surface area contributed by atoms with Crippen LogP contribution in [-0.4, -0.2) is 5.11 Å². The van der Waals surface area contributed by atoms with E-state index in [9.17, 15) is 9.90 Å². The van der Waals surface area contributed by atoms with Crippen LogP contribution in [0.25, 0.3) is 11.0 Å². The predicted octanol–water partition coefficient (Wildman–Crippen LogP) is 3.54. The van der Waals surface area contributed by atoms with Crippen LogP contribution in [0.4, 0.5) is 0 Å². The van der Waals surface area contributed by atoms with E-state index in [4.69, 9.17) is 16.0 Å². The molecule has 0 saturated carbocycles. The molecule has 1 heterocycles. The second-order valence-electron chi connectivity index (χ2n) is 6.20. The highest BCUT2D eigenvalue weighted by Gasteiger charge is 2.14. The third kappa shape index (κ3) is 3.86. The monoisotopic (exact) mass is 358 g/mol. The lowest BCUT2D eigenvalue weighted by atomic mass is 10.0. The molecule has 4 nitrogen and oxygen atoms in total. The van der Waals surface area contributed by atoms with Gasteiger partial charge in [-0.05, 0) is 37.1 Å². The minimum Gasteiger partial charge on any atom is -0.508 e. The van der Waals surface area contributed by atoms with Crippen molar-refractivity contribution in [2.45, 2.75) is 32.9 Å². The zero-order valence-electron chi connectivity index (χ0n) is 14.3. The Morgan fingerprint density at radius 1 is 1.16 bits per heavy atom. The number of fused-ring (bicyclic) bond motifs is 1. The lowest BCUT2D eigenvalue weighted by Crippen LogP contribution is -2.83. The fourth-order valence-corrected chi connectivity index (χ4v) is 3.09. The van der Waals surface area contributed by atoms with Gasteiger partial charge < -0.3 is 14.8 Å². The maximum Gasteiger partial charge on any atom is 0.336 e. The van der Waals surface area contributed by atoms with Crippen LogP contribution in [0.2, 0.25) is 5.02 Å². The lowest BCUT2D eigenvalue weighted by Gasteiger charge is -2.13. The minimum absolute atomic E-state index is 0.161. The summed E-state index contributed by atoms with van der Waals surface area (Å²) in [5.74, 6) is 0.161.